The fourth-order valence-electron chi connectivity index (χ4n) is 3.40. The fraction of sp³-hybridized carbons (Fsp3) is 0.611. The first kappa shape index (κ1) is 19.2. The van der Waals surface area contributed by atoms with E-state index in [0.717, 1.165) is 37.7 Å². The number of nitrogens with zero attached hydrogens (tertiary/aromatic N) is 4. The van der Waals surface area contributed by atoms with Crippen LogP contribution in [-0.2, 0) is 24.2 Å². The molecule has 0 aliphatic carbocycles. The Hall–Kier alpha value is -2.55. The third kappa shape index (κ3) is 4.24. The molecule has 0 saturated heterocycles. The summed E-state index contributed by atoms with van der Waals surface area (Å²) in [4.78, 5) is 31.8. The van der Waals surface area contributed by atoms with Crippen molar-refractivity contribution in [3.63, 3.8) is 0 Å². The Morgan fingerprint density at radius 1 is 1.26 bits per heavy atom. The second-order valence-corrected chi connectivity index (χ2v) is 7.31. The van der Waals surface area contributed by atoms with Gasteiger partial charge in [-0.05, 0) is 19.8 Å². The number of carbonyl (C=O) groups is 1. The second-order valence-electron chi connectivity index (χ2n) is 7.31. The van der Waals surface area contributed by atoms with E-state index < -0.39 is 0 Å². The summed E-state index contributed by atoms with van der Waals surface area (Å²) < 4.78 is 2.09. The average molecular weight is 373 g/mol. The summed E-state index contributed by atoms with van der Waals surface area (Å²) in [5, 5.41) is 15.1. The van der Waals surface area contributed by atoms with E-state index in [0.29, 0.717) is 17.1 Å². The minimum Gasteiger partial charge on any atom is -0.346 e. The Morgan fingerprint density at radius 3 is 2.74 bits per heavy atom. The highest BCUT2D eigenvalue weighted by atomic mass is 16.2. The molecule has 146 valence electrons. The lowest BCUT2D eigenvalue weighted by atomic mass is 10.0. The number of H-pyrrole nitrogens is 1. The molecule has 3 rings (SSSR count). The molecule has 2 aromatic rings. The monoisotopic (exact) mass is 373 g/mol. The summed E-state index contributed by atoms with van der Waals surface area (Å²) in [7, 11) is 0. The van der Waals surface area contributed by atoms with Crippen molar-refractivity contribution in [3.05, 3.63) is 39.1 Å². The molecule has 0 fully saturated rings. The van der Waals surface area contributed by atoms with Crippen LogP contribution in [0.5, 0.6) is 0 Å². The number of nitrogens with one attached hydrogen (secondary N) is 3. The van der Waals surface area contributed by atoms with Crippen LogP contribution in [0.15, 0.2) is 4.79 Å². The molecular weight excluding hydrogens is 346 g/mol. The molecule has 2 aromatic heterocycles. The molecule has 0 aromatic carbocycles. The highest BCUT2D eigenvalue weighted by Gasteiger charge is 2.26. The van der Waals surface area contributed by atoms with E-state index in [2.05, 4.69) is 35.4 Å². The average Bonchev–Trinajstić information content (AvgIpc) is 2.83. The smallest absolute Gasteiger partial charge is 0.254 e. The first-order valence-electron chi connectivity index (χ1n) is 9.35. The maximum atomic E-state index is 12.7. The van der Waals surface area contributed by atoms with Crippen LogP contribution < -0.4 is 16.2 Å². The van der Waals surface area contributed by atoms with Gasteiger partial charge in [0.15, 0.2) is 5.82 Å². The largest absolute Gasteiger partial charge is 0.346 e. The number of aromatic amines is 1. The molecular formula is C18H27N7O2. The van der Waals surface area contributed by atoms with Crippen molar-refractivity contribution in [1.82, 2.24) is 35.4 Å². The molecule has 0 saturated carbocycles. The van der Waals surface area contributed by atoms with Gasteiger partial charge in [0.2, 0.25) is 5.91 Å². The molecule has 9 heteroatoms. The summed E-state index contributed by atoms with van der Waals surface area (Å²) in [6.45, 7) is 10.0. The van der Waals surface area contributed by atoms with Crippen LogP contribution in [0.4, 0.5) is 0 Å². The van der Waals surface area contributed by atoms with Gasteiger partial charge in [0.1, 0.15) is 11.6 Å². The fourth-order valence-corrected chi connectivity index (χ4v) is 3.40. The standard InChI is InChI=1S/C18H27N7O2/c1-10(2)16(17-24-23-14-5-6-19-7-8-25(14)17)22-15(26)9-13-11(3)20-12(4)21-18(13)27/h10,16,19H,5-9H2,1-4H3,(H,22,26)(H,20,21,27). The summed E-state index contributed by atoms with van der Waals surface area (Å²) >= 11 is 0. The summed E-state index contributed by atoms with van der Waals surface area (Å²) in [5.41, 5.74) is 0.707. The molecule has 3 heterocycles. The lowest BCUT2D eigenvalue weighted by Crippen LogP contribution is -2.36. The van der Waals surface area contributed by atoms with Gasteiger partial charge in [-0.25, -0.2) is 4.98 Å². The van der Waals surface area contributed by atoms with E-state index in [4.69, 9.17) is 0 Å². The lowest BCUT2D eigenvalue weighted by Gasteiger charge is -2.22. The summed E-state index contributed by atoms with van der Waals surface area (Å²) in [6, 6.07) is -0.269. The van der Waals surface area contributed by atoms with E-state index in [-0.39, 0.29) is 29.8 Å². The molecule has 1 amide bonds. The molecule has 0 radical (unpaired) electrons. The number of aromatic nitrogens is 5. The molecule has 1 aliphatic heterocycles. The second kappa shape index (κ2) is 7.99. The first-order valence-corrected chi connectivity index (χ1v) is 9.35. The molecule has 1 unspecified atom stereocenters. The molecule has 3 N–H and O–H groups in total. The van der Waals surface area contributed by atoms with Gasteiger partial charge in [0, 0.05) is 37.3 Å². The van der Waals surface area contributed by atoms with E-state index >= 15 is 0 Å². The number of fused-ring (bicyclic) bond motifs is 1. The van der Waals surface area contributed by atoms with Crippen LogP contribution >= 0.6 is 0 Å². The topological polar surface area (TPSA) is 118 Å². The molecule has 1 aliphatic rings. The minimum atomic E-state index is -0.269. The molecule has 27 heavy (non-hydrogen) atoms. The maximum Gasteiger partial charge on any atom is 0.254 e. The van der Waals surface area contributed by atoms with Gasteiger partial charge in [-0.15, -0.1) is 10.2 Å². The highest BCUT2D eigenvalue weighted by molar-refractivity contribution is 5.79. The van der Waals surface area contributed by atoms with Crippen molar-refractivity contribution < 1.29 is 4.79 Å². The van der Waals surface area contributed by atoms with Gasteiger partial charge in [-0.1, -0.05) is 13.8 Å². The van der Waals surface area contributed by atoms with Crippen molar-refractivity contribution in [2.45, 2.75) is 53.1 Å². The molecule has 1 atom stereocenters. The first-order chi connectivity index (χ1) is 12.9. The zero-order chi connectivity index (χ0) is 19.6. The van der Waals surface area contributed by atoms with Crippen LogP contribution in [0.3, 0.4) is 0 Å². The Labute approximate surface area is 158 Å². The SMILES string of the molecule is Cc1nc(C)c(CC(=O)NC(c2nnc3n2CCNCC3)C(C)C)c(=O)[nH]1. The number of hydrogen-bond acceptors (Lipinski definition) is 6. The van der Waals surface area contributed by atoms with Crippen LogP contribution in [0.25, 0.3) is 0 Å². The number of amides is 1. The zero-order valence-electron chi connectivity index (χ0n) is 16.3. The normalized spacial score (nSPS) is 15.3. The minimum absolute atomic E-state index is 0.0137. The predicted octanol–water partition coefficient (Wildman–Crippen LogP) is 0.180. The van der Waals surface area contributed by atoms with Crippen molar-refractivity contribution in [1.29, 1.82) is 0 Å². The maximum absolute atomic E-state index is 12.7. The highest BCUT2D eigenvalue weighted by Crippen LogP contribution is 2.22. The predicted molar refractivity (Wildman–Crippen MR) is 100 cm³/mol. The van der Waals surface area contributed by atoms with Gasteiger partial charge < -0.3 is 20.2 Å². The third-order valence-electron chi connectivity index (χ3n) is 4.83. The van der Waals surface area contributed by atoms with Gasteiger partial charge in [0.05, 0.1) is 12.5 Å². The third-order valence-corrected chi connectivity index (χ3v) is 4.83. The van der Waals surface area contributed by atoms with Crippen LogP contribution in [-0.4, -0.2) is 43.7 Å². The van der Waals surface area contributed by atoms with Crippen molar-refractivity contribution in [3.8, 4) is 0 Å². The molecule has 9 nitrogen and oxygen atoms in total. The Kier molecular flexibility index (Phi) is 5.69. The Bertz CT molecular complexity index is 884. The van der Waals surface area contributed by atoms with Gasteiger partial charge in [-0.3, -0.25) is 9.59 Å². The van der Waals surface area contributed by atoms with Crippen LogP contribution in [0.2, 0.25) is 0 Å². The number of rotatable bonds is 5. The van der Waals surface area contributed by atoms with Crippen LogP contribution in [0, 0.1) is 19.8 Å². The summed E-state index contributed by atoms with van der Waals surface area (Å²) in [5.74, 6) is 2.15. The van der Waals surface area contributed by atoms with Crippen molar-refractivity contribution >= 4 is 5.91 Å². The van der Waals surface area contributed by atoms with Crippen molar-refractivity contribution in [2.24, 2.45) is 5.92 Å². The molecule has 0 bridgehead atoms. The number of carbonyl (C=O) groups excluding carboxylic acids is 1. The van der Waals surface area contributed by atoms with Crippen molar-refractivity contribution in [2.75, 3.05) is 13.1 Å². The molecule has 0 spiro atoms. The number of hydrogen-bond donors (Lipinski definition) is 3. The quantitative estimate of drug-likeness (QED) is 0.688. The van der Waals surface area contributed by atoms with E-state index in [1.807, 2.05) is 13.8 Å². The number of aryl methyl sites for hydroxylation is 2. The van der Waals surface area contributed by atoms with E-state index in [1.54, 1.807) is 13.8 Å². The van der Waals surface area contributed by atoms with E-state index in [9.17, 15) is 9.59 Å². The van der Waals surface area contributed by atoms with Crippen LogP contribution in [0.1, 0.15) is 48.6 Å². The Morgan fingerprint density at radius 2 is 2.04 bits per heavy atom. The Balaban J connectivity index is 1.81. The summed E-state index contributed by atoms with van der Waals surface area (Å²) in [6.07, 6.45) is 0.801. The zero-order valence-corrected chi connectivity index (χ0v) is 16.3. The van der Waals surface area contributed by atoms with E-state index in [1.165, 1.54) is 0 Å². The van der Waals surface area contributed by atoms with Gasteiger partial charge in [0.25, 0.3) is 5.56 Å². The van der Waals surface area contributed by atoms with Gasteiger partial charge >= 0.3 is 0 Å². The lowest BCUT2D eigenvalue weighted by molar-refractivity contribution is -0.121. The van der Waals surface area contributed by atoms with Gasteiger partial charge in [-0.2, -0.15) is 0 Å².